The van der Waals surface area contributed by atoms with Gasteiger partial charge in [-0.15, -0.1) is 0 Å². The van der Waals surface area contributed by atoms with Gasteiger partial charge in [-0.1, -0.05) is 15.9 Å². The zero-order chi connectivity index (χ0) is 18.2. The van der Waals surface area contributed by atoms with Gasteiger partial charge in [-0.05, 0) is 43.9 Å². The van der Waals surface area contributed by atoms with Gasteiger partial charge in [0.2, 0.25) is 0 Å². The van der Waals surface area contributed by atoms with Crippen molar-refractivity contribution >= 4 is 33.8 Å². The fourth-order valence-corrected chi connectivity index (χ4v) is 2.94. The number of imide groups is 1. The minimum absolute atomic E-state index is 0.168. The number of amides is 4. The molecule has 0 unspecified atom stereocenters. The van der Waals surface area contributed by atoms with Crippen LogP contribution in [-0.2, 0) is 0 Å². The average Bonchev–Trinajstić information content (AvgIpc) is 2.82. The molecular formula is C17H22BrN3O4. The second-order valence-corrected chi connectivity index (χ2v) is 6.69. The van der Waals surface area contributed by atoms with Crippen LogP contribution in [0.2, 0.25) is 0 Å². The number of nitrogens with one attached hydrogen (secondary N) is 2. The van der Waals surface area contributed by atoms with E-state index in [4.69, 9.17) is 5.11 Å². The Labute approximate surface area is 154 Å². The SMILES string of the molecule is O=C(NCCCCCO)NCCCN1C(=O)c2ccc(Br)cc2C1=O. The molecule has 0 aromatic heterocycles. The lowest BCUT2D eigenvalue weighted by Gasteiger charge is -2.14. The van der Waals surface area contributed by atoms with E-state index in [0.717, 1.165) is 23.7 Å². The summed E-state index contributed by atoms with van der Waals surface area (Å²) in [6, 6.07) is 4.76. The van der Waals surface area contributed by atoms with E-state index in [0.29, 0.717) is 30.6 Å². The molecule has 1 aromatic carbocycles. The van der Waals surface area contributed by atoms with Gasteiger partial charge in [0.1, 0.15) is 0 Å². The van der Waals surface area contributed by atoms with Crippen molar-refractivity contribution in [1.82, 2.24) is 15.5 Å². The molecule has 2 rings (SSSR count). The molecule has 8 heteroatoms. The van der Waals surface area contributed by atoms with Crippen LogP contribution in [-0.4, -0.2) is 54.1 Å². The van der Waals surface area contributed by atoms with Crippen LogP contribution in [0.1, 0.15) is 46.4 Å². The van der Waals surface area contributed by atoms with Gasteiger partial charge in [-0.3, -0.25) is 14.5 Å². The van der Waals surface area contributed by atoms with Gasteiger partial charge >= 0.3 is 6.03 Å². The highest BCUT2D eigenvalue weighted by molar-refractivity contribution is 9.10. The summed E-state index contributed by atoms with van der Waals surface area (Å²) in [5, 5.41) is 14.1. The van der Waals surface area contributed by atoms with Crippen LogP contribution < -0.4 is 10.6 Å². The third-order valence-corrected chi connectivity index (χ3v) is 4.39. The Bertz CT molecular complexity index is 651. The normalized spacial score (nSPS) is 13.1. The molecule has 1 heterocycles. The van der Waals surface area contributed by atoms with Crippen molar-refractivity contribution in [3.05, 3.63) is 33.8 Å². The fourth-order valence-electron chi connectivity index (χ4n) is 2.58. The number of aliphatic hydroxyl groups excluding tert-OH is 1. The van der Waals surface area contributed by atoms with E-state index in [1.807, 2.05) is 0 Å². The van der Waals surface area contributed by atoms with E-state index < -0.39 is 0 Å². The predicted molar refractivity (Wildman–Crippen MR) is 96.5 cm³/mol. The molecule has 0 saturated carbocycles. The monoisotopic (exact) mass is 411 g/mol. The number of fused-ring (bicyclic) bond motifs is 1. The van der Waals surface area contributed by atoms with Crippen LogP contribution in [0.5, 0.6) is 0 Å². The average molecular weight is 412 g/mol. The Balaban J connectivity index is 1.68. The molecule has 0 bridgehead atoms. The van der Waals surface area contributed by atoms with Crippen molar-refractivity contribution in [2.45, 2.75) is 25.7 Å². The Morgan fingerprint density at radius 1 is 1.00 bits per heavy atom. The molecule has 0 radical (unpaired) electrons. The molecular weight excluding hydrogens is 390 g/mol. The molecule has 4 amide bonds. The molecule has 7 nitrogen and oxygen atoms in total. The van der Waals surface area contributed by atoms with E-state index in [-0.39, 0.29) is 31.0 Å². The molecule has 0 fully saturated rings. The largest absolute Gasteiger partial charge is 0.396 e. The molecule has 0 atom stereocenters. The van der Waals surface area contributed by atoms with E-state index >= 15 is 0 Å². The highest BCUT2D eigenvalue weighted by Crippen LogP contribution is 2.25. The summed E-state index contributed by atoms with van der Waals surface area (Å²) in [6.45, 7) is 1.36. The molecule has 25 heavy (non-hydrogen) atoms. The number of hydrogen-bond donors (Lipinski definition) is 3. The van der Waals surface area contributed by atoms with Crippen molar-refractivity contribution in [3.63, 3.8) is 0 Å². The van der Waals surface area contributed by atoms with Crippen molar-refractivity contribution in [2.75, 3.05) is 26.2 Å². The van der Waals surface area contributed by atoms with Crippen LogP contribution in [0.25, 0.3) is 0 Å². The first-order valence-electron chi connectivity index (χ1n) is 8.33. The molecule has 3 N–H and O–H groups in total. The standard InChI is InChI=1S/C17H22BrN3O4/c18-12-5-6-13-14(11-12)16(24)21(15(13)23)9-4-8-20-17(25)19-7-2-1-3-10-22/h5-6,11,22H,1-4,7-10H2,(H2,19,20,25). The van der Waals surface area contributed by atoms with Gasteiger partial charge in [0.05, 0.1) is 11.1 Å². The molecule has 1 aliphatic rings. The number of halogens is 1. The Morgan fingerprint density at radius 2 is 1.68 bits per heavy atom. The number of nitrogens with zero attached hydrogens (tertiary/aromatic N) is 1. The number of rotatable bonds is 9. The topological polar surface area (TPSA) is 98.7 Å². The first kappa shape index (κ1) is 19.4. The summed E-state index contributed by atoms with van der Waals surface area (Å²) in [5.41, 5.74) is 0.828. The van der Waals surface area contributed by atoms with Crippen molar-refractivity contribution < 1.29 is 19.5 Å². The molecule has 0 saturated heterocycles. The van der Waals surface area contributed by atoms with Gasteiger partial charge in [-0.25, -0.2) is 4.79 Å². The maximum absolute atomic E-state index is 12.3. The highest BCUT2D eigenvalue weighted by Gasteiger charge is 2.34. The smallest absolute Gasteiger partial charge is 0.314 e. The summed E-state index contributed by atoms with van der Waals surface area (Å²) in [6.07, 6.45) is 2.91. The summed E-state index contributed by atoms with van der Waals surface area (Å²) >= 11 is 3.30. The molecule has 0 aliphatic carbocycles. The lowest BCUT2D eigenvalue weighted by Crippen LogP contribution is -2.38. The van der Waals surface area contributed by atoms with Gasteiger partial charge in [0.15, 0.2) is 0 Å². The minimum Gasteiger partial charge on any atom is -0.396 e. The zero-order valence-corrected chi connectivity index (χ0v) is 15.5. The molecule has 1 aromatic rings. The van der Waals surface area contributed by atoms with Crippen molar-refractivity contribution in [3.8, 4) is 0 Å². The fraction of sp³-hybridized carbons (Fsp3) is 0.471. The number of carbonyl (C=O) groups excluding carboxylic acids is 3. The summed E-state index contributed by atoms with van der Waals surface area (Å²) in [4.78, 5) is 37.3. The highest BCUT2D eigenvalue weighted by atomic mass is 79.9. The van der Waals surface area contributed by atoms with Gasteiger partial charge in [0.25, 0.3) is 11.8 Å². The third kappa shape index (κ3) is 5.27. The van der Waals surface area contributed by atoms with Gasteiger partial charge < -0.3 is 15.7 Å². The quantitative estimate of drug-likeness (QED) is 0.426. The van der Waals surface area contributed by atoms with Crippen molar-refractivity contribution in [1.29, 1.82) is 0 Å². The second-order valence-electron chi connectivity index (χ2n) is 5.77. The first-order chi connectivity index (χ1) is 12.0. The first-order valence-corrected chi connectivity index (χ1v) is 9.12. The number of aliphatic hydroxyl groups is 1. The van der Waals surface area contributed by atoms with E-state index in [1.54, 1.807) is 18.2 Å². The van der Waals surface area contributed by atoms with Crippen LogP contribution >= 0.6 is 15.9 Å². The van der Waals surface area contributed by atoms with Crippen molar-refractivity contribution in [2.24, 2.45) is 0 Å². The number of unbranched alkanes of at least 4 members (excludes halogenated alkanes) is 2. The summed E-state index contributed by atoms with van der Waals surface area (Å²) < 4.78 is 0.756. The van der Waals surface area contributed by atoms with Crippen LogP contribution in [0, 0.1) is 0 Å². The van der Waals surface area contributed by atoms with E-state index in [9.17, 15) is 14.4 Å². The number of hydrogen-bond acceptors (Lipinski definition) is 4. The molecule has 0 spiro atoms. The Morgan fingerprint density at radius 3 is 2.40 bits per heavy atom. The number of urea groups is 1. The lowest BCUT2D eigenvalue weighted by molar-refractivity contribution is 0.0653. The van der Waals surface area contributed by atoms with E-state index in [2.05, 4.69) is 26.6 Å². The predicted octanol–water partition coefficient (Wildman–Crippen LogP) is 1.90. The van der Waals surface area contributed by atoms with Crippen LogP contribution in [0.15, 0.2) is 22.7 Å². The Kier molecular flexibility index (Phi) is 7.39. The number of carbonyl (C=O) groups is 3. The molecule has 1 aliphatic heterocycles. The summed E-state index contributed by atoms with van der Waals surface area (Å²) in [5.74, 6) is -0.588. The van der Waals surface area contributed by atoms with E-state index in [1.165, 1.54) is 4.90 Å². The zero-order valence-electron chi connectivity index (χ0n) is 13.9. The molecule has 136 valence electrons. The van der Waals surface area contributed by atoms with Gasteiger partial charge in [-0.2, -0.15) is 0 Å². The maximum atomic E-state index is 12.3. The Hall–Kier alpha value is -1.93. The third-order valence-electron chi connectivity index (χ3n) is 3.90. The number of benzene rings is 1. The summed E-state index contributed by atoms with van der Waals surface area (Å²) in [7, 11) is 0. The lowest BCUT2D eigenvalue weighted by atomic mass is 10.1. The van der Waals surface area contributed by atoms with Gasteiger partial charge in [0, 0.05) is 30.7 Å². The second kappa shape index (κ2) is 9.53. The van der Waals surface area contributed by atoms with Crippen LogP contribution in [0.3, 0.4) is 0 Å². The van der Waals surface area contributed by atoms with Crippen LogP contribution in [0.4, 0.5) is 4.79 Å². The maximum Gasteiger partial charge on any atom is 0.314 e. The minimum atomic E-state index is -0.297.